The van der Waals surface area contributed by atoms with Crippen LogP contribution in [0.15, 0.2) is 18.2 Å². The summed E-state index contributed by atoms with van der Waals surface area (Å²) < 4.78 is 0. The van der Waals surface area contributed by atoms with E-state index in [4.69, 9.17) is 5.73 Å². The van der Waals surface area contributed by atoms with Gasteiger partial charge in [0.1, 0.15) is 0 Å². The number of nitrogens with zero attached hydrogens (tertiary/aromatic N) is 1. The highest BCUT2D eigenvalue weighted by molar-refractivity contribution is 5.32. The molecule has 0 bridgehead atoms. The van der Waals surface area contributed by atoms with Gasteiger partial charge in [0, 0.05) is 11.6 Å². The molecule has 2 heteroatoms. The molecular formula is C17H30N2. The molecular weight excluding hydrogens is 232 g/mol. The first-order valence-corrected chi connectivity index (χ1v) is 7.47. The Morgan fingerprint density at radius 2 is 1.53 bits per heavy atom. The van der Waals surface area contributed by atoms with Gasteiger partial charge in [-0.15, -0.1) is 0 Å². The second-order valence-corrected chi connectivity index (χ2v) is 5.78. The van der Waals surface area contributed by atoms with E-state index in [1.54, 1.807) is 0 Å². The van der Waals surface area contributed by atoms with Crippen LogP contribution in [0, 0.1) is 13.8 Å². The van der Waals surface area contributed by atoms with Gasteiger partial charge in [0.2, 0.25) is 0 Å². The molecule has 0 saturated heterocycles. The van der Waals surface area contributed by atoms with E-state index in [9.17, 15) is 0 Å². The summed E-state index contributed by atoms with van der Waals surface area (Å²) in [6.07, 6.45) is 1.06. The first-order valence-electron chi connectivity index (χ1n) is 7.47. The second kappa shape index (κ2) is 6.53. The van der Waals surface area contributed by atoms with E-state index in [1.165, 1.54) is 16.7 Å². The number of benzene rings is 1. The zero-order valence-electron chi connectivity index (χ0n) is 13.5. The molecule has 0 saturated carbocycles. The van der Waals surface area contributed by atoms with Crippen LogP contribution < -0.4 is 5.73 Å². The first kappa shape index (κ1) is 16.2. The minimum absolute atomic E-state index is 0.0176. The highest BCUT2D eigenvalue weighted by Crippen LogP contribution is 2.33. The number of likely N-dealkylation sites (N-methyl/N-ethyl adjacent to an activating group) is 1. The molecule has 2 atom stereocenters. The fraction of sp³-hybridized carbons (Fsp3) is 0.647. The monoisotopic (exact) mass is 262 g/mol. The Morgan fingerprint density at radius 3 is 1.89 bits per heavy atom. The van der Waals surface area contributed by atoms with Crippen molar-refractivity contribution < 1.29 is 0 Å². The average Bonchev–Trinajstić information content (AvgIpc) is 2.37. The summed E-state index contributed by atoms with van der Waals surface area (Å²) in [4.78, 5) is 2.48. The van der Waals surface area contributed by atoms with Crippen LogP contribution in [-0.2, 0) is 0 Å². The summed E-state index contributed by atoms with van der Waals surface area (Å²) in [6.45, 7) is 15.3. The van der Waals surface area contributed by atoms with Crippen LogP contribution in [0.3, 0.4) is 0 Å². The quantitative estimate of drug-likeness (QED) is 0.844. The van der Waals surface area contributed by atoms with E-state index >= 15 is 0 Å². The van der Waals surface area contributed by atoms with Crippen molar-refractivity contribution in [2.45, 2.75) is 59.5 Å². The van der Waals surface area contributed by atoms with Crippen molar-refractivity contribution >= 4 is 0 Å². The molecule has 0 aliphatic carbocycles. The molecule has 1 aromatic carbocycles. The van der Waals surface area contributed by atoms with Crippen molar-refractivity contribution in [2.24, 2.45) is 5.73 Å². The van der Waals surface area contributed by atoms with Gasteiger partial charge < -0.3 is 5.73 Å². The zero-order valence-corrected chi connectivity index (χ0v) is 13.5. The van der Waals surface area contributed by atoms with Crippen molar-refractivity contribution in [2.75, 3.05) is 13.1 Å². The van der Waals surface area contributed by atoms with E-state index in [0.717, 1.165) is 19.5 Å². The highest BCUT2D eigenvalue weighted by atomic mass is 15.2. The Balaban J connectivity index is 3.16. The Hall–Kier alpha value is -0.860. The van der Waals surface area contributed by atoms with Gasteiger partial charge >= 0.3 is 0 Å². The number of hydrogen-bond donors (Lipinski definition) is 1. The summed E-state index contributed by atoms with van der Waals surface area (Å²) in [5.74, 6) is 0. The molecule has 0 heterocycles. The van der Waals surface area contributed by atoms with Crippen molar-refractivity contribution in [3.63, 3.8) is 0 Å². The Morgan fingerprint density at radius 1 is 1.05 bits per heavy atom. The van der Waals surface area contributed by atoms with Crippen molar-refractivity contribution in [1.29, 1.82) is 0 Å². The summed E-state index contributed by atoms with van der Waals surface area (Å²) in [5, 5.41) is 0. The van der Waals surface area contributed by atoms with Gasteiger partial charge in [-0.3, -0.25) is 4.90 Å². The molecule has 0 amide bonds. The van der Waals surface area contributed by atoms with E-state index < -0.39 is 0 Å². The molecule has 0 radical (unpaired) electrons. The van der Waals surface area contributed by atoms with Crippen LogP contribution in [0.2, 0.25) is 0 Å². The molecule has 2 N–H and O–H groups in total. The largest absolute Gasteiger partial charge is 0.322 e. The van der Waals surface area contributed by atoms with Gasteiger partial charge in [-0.05, 0) is 45.8 Å². The summed E-state index contributed by atoms with van der Waals surface area (Å²) in [5.41, 5.74) is 10.5. The SMILES string of the molecule is CCN(CC)C(C)(CC)C(N)c1cc(C)cc(C)c1. The molecule has 0 spiro atoms. The molecule has 108 valence electrons. The second-order valence-electron chi connectivity index (χ2n) is 5.78. The van der Waals surface area contributed by atoms with E-state index in [2.05, 4.69) is 64.6 Å². The fourth-order valence-electron chi connectivity index (χ4n) is 3.13. The Bertz CT molecular complexity index is 389. The van der Waals surface area contributed by atoms with Crippen LogP contribution in [0.25, 0.3) is 0 Å². The molecule has 2 unspecified atom stereocenters. The van der Waals surface area contributed by atoms with Crippen LogP contribution in [0.4, 0.5) is 0 Å². The van der Waals surface area contributed by atoms with Gasteiger partial charge in [0.25, 0.3) is 0 Å². The normalized spacial score (nSPS) is 16.4. The molecule has 0 aliphatic rings. The minimum Gasteiger partial charge on any atom is -0.322 e. The third kappa shape index (κ3) is 3.37. The maximum absolute atomic E-state index is 6.63. The third-order valence-corrected chi connectivity index (χ3v) is 4.47. The smallest absolute Gasteiger partial charge is 0.0479 e. The van der Waals surface area contributed by atoms with E-state index in [0.29, 0.717) is 0 Å². The van der Waals surface area contributed by atoms with Gasteiger partial charge in [-0.1, -0.05) is 50.1 Å². The molecule has 1 rings (SSSR count). The fourth-order valence-corrected chi connectivity index (χ4v) is 3.13. The van der Waals surface area contributed by atoms with Crippen molar-refractivity contribution in [3.8, 4) is 0 Å². The van der Waals surface area contributed by atoms with Crippen molar-refractivity contribution in [3.05, 3.63) is 34.9 Å². The van der Waals surface area contributed by atoms with Crippen LogP contribution in [0.1, 0.15) is 56.8 Å². The number of hydrogen-bond acceptors (Lipinski definition) is 2. The predicted octanol–water partition coefficient (Wildman–Crippen LogP) is 3.81. The standard InChI is InChI=1S/C17H30N2/c1-7-17(6,19(8-2)9-3)16(18)15-11-13(4)10-14(5)12-15/h10-12,16H,7-9,18H2,1-6H3. The van der Waals surface area contributed by atoms with Crippen LogP contribution >= 0.6 is 0 Å². The average molecular weight is 262 g/mol. The molecule has 0 aromatic heterocycles. The van der Waals surface area contributed by atoms with Crippen molar-refractivity contribution in [1.82, 2.24) is 4.90 Å². The maximum Gasteiger partial charge on any atom is 0.0479 e. The molecule has 0 fully saturated rings. The number of rotatable bonds is 6. The molecule has 1 aromatic rings. The van der Waals surface area contributed by atoms with Gasteiger partial charge in [-0.25, -0.2) is 0 Å². The third-order valence-electron chi connectivity index (χ3n) is 4.47. The van der Waals surface area contributed by atoms with Gasteiger partial charge in [0.05, 0.1) is 0 Å². The minimum atomic E-state index is 0.0176. The summed E-state index contributed by atoms with van der Waals surface area (Å²) >= 11 is 0. The van der Waals surface area contributed by atoms with E-state index in [1.807, 2.05) is 0 Å². The lowest BCUT2D eigenvalue weighted by atomic mass is 9.82. The lowest BCUT2D eigenvalue weighted by Crippen LogP contribution is -2.53. The predicted molar refractivity (Wildman–Crippen MR) is 84.5 cm³/mol. The Kier molecular flexibility index (Phi) is 5.57. The van der Waals surface area contributed by atoms with E-state index in [-0.39, 0.29) is 11.6 Å². The van der Waals surface area contributed by atoms with Gasteiger partial charge in [0.15, 0.2) is 0 Å². The topological polar surface area (TPSA) is 29.3 Å². The van der Waals surface area contributed by atoms with Crippen LogP contribution in [0.5, 0.6) is 0 Å². The highest BCUT2D eigenvalue weighted by Gasteiger charge is 2.35. The van der Waals surface area contributed by atoms with Crippen LogP contribution in [-0.4, -0.2) is 23.5 Å². The molecule has 19 heavy (non-hydrogen) atoms. The van der Waals surface area contributed by atoms with Gasteiger partial charge in [-0.2, -0.15) is 0 Å². The summed E-state index contributed by atoms with van der Waals surface area (Å²) in [6, 6.07) is 6.72. The Labute approximate surface area is 119 Å². The molecule has 2 nitrogen and oxygen atoms in total. The number of aryl methyl sites for hydroxylation is 2. The molecule has 0 aliphatic heterocycles. The lowest BCUT2D eigenvalue weighted by Gasteiger charge is -2.44. The maximum atomic E-state index is 6.63. The summed E-state index contributed by atoms with van der Waals surface area (Å²) in [7, 11) is 0. The lowest BCUT2D eigenvalue weighted by molar-refractivity contribution is 0.0844. The first-order chi connectivity index (χ1) is 8.88. The number of nitrogens with two attached hydrogens (primary N) is 1. The zero-order chi connectivity index (χ0) is 14.6.